The number of nitrogens with one attached hydrogen (secondary N) is 7. The van der Waals surface area contributed by atoms with Crippen LogP contribution in [0, 0.1) is 23.7 Å². The second-order valence-electron chi connectivity index (χ2n) is 44.5. The fourth-order valence-electron chi connectivity index (χ4n) is 14.7. The summed E-state index contributed by atoms with van der Waals surface area (Å²) in [6.45, 7) is 53.2. The molecule has 0 aromatic carbocycles. The van der Waals surface area contributed by atoms with Crippen molar-refractivity contribution in [1.82, 2.24) is 114 Å². The summed E-state index contributed by atoms with van der Waals surface area (Å²) >= 11 is 0. The number of aliphatic carboxylic acids is 1. The zero-order valence-electron chi connectivity index (χ0n) is 91.8. The number of carboxylic acid groups (broad SMARTS) is 1. The average molecular weight is 2020 g/mol. The molecule has 0 spiro atoms. The monoisotopic (exact) mass is 2020 g/mol. The van der Waals surface area contributed by atoms with Gasteiger partial charge in [-0.2, -0.15) is 0 Å². The lowest BCUT2D eigenvalue weighted by Crippen LogP contribution is -2.55. The Morgan fingerprint density at radius 1 is 0.427 bits per heavy atom. The van der Waals surface area contributed by atoms with E-state index in [1.807, 2.05) is 53.9 Å². The second-order valence-corrected chi connectivity index (χ2v) is 44.5. The van der Waals surface area contributed by atoms with E-state index in [0.717, 1.165) is 67.3 Å². The third-order valence-electron chi connectivity index (χ3n) is 20.7. The molecule has 43 nitrogen and oxygen atoms in total. The molecule has 3 aliphatic heterocycles. The SMILES string of the molecule is CC(C)C.CN(C)CCCNCCCN(C)C.C[C@H]1C[C@@H](C(=O)N(CCCN(C)C)CCCN(C)C)N(C(=O)[C@@H](Cc2cn(C(=O)OC(C)(C)C)cn2)NC(=O)OC(C)(C)C)C1.C[C@H]1C[C@@H](C(=O)NCCc2cnc[nH]2)N(C(=O)[C@@H](Cc2cn(C(=O)OC(C)(C)C)cn2)NC(=O)OC(C)(C)C)C1.C[C@H]1C[C@@H](C(=O)O)N(C(=O)[C@@H](Cc2cn(C(=O)OC(C)(C)C)cn2)NC(=O)OC(C)(C)C)C1.NCCc1cnc[nH]1. The summed E-state index contributed by atoms with van der Waals surface area (Å²) in [5.74, 6) is -1.79. The smallest absolute Gasteiger partial charge is 0.419 e. The van der Waals surface area contributed by atoms with E-state index in [-0.39, 0.29) is 55.4 Å². The minimum absolute atomic E-state index is 0.00334. The quantitative estimate of drug-likeness (QED) is 0.0133. The standard InChI is InChI=1S/C32H57N7O6.C27H41N7O6.C22H34N4O7.C10H25N3.C5H9N3.C4H10/c1-23-18-26(28(41)37(16-12-14-35(8)9)17-13-15-36(10)11)39(20-23)27(40)25(34-29(42)44-31(2,3)4)19-24-21-38(22-33-24)30(43)45-32(5,6)7;1-17-10-21(22(35)29-9-8-18-12-28-15-30-18)34(13-17)23(36)20(32-24(37)39-26(2,3)4)11-19-14-33(16-31-19)25(38)40-27(5,6)7;1-13-8-16(18(28)29)26(10-13)17(27)15(24-19(30)32-21(2,3)4)9-14-11-25(12-23-14)20(31)33-22(5,6)7;1-12(2)9-5-7-11-8-6-10-13(3)4;6-2-1-5-3-7-4-8-5;1-4(2)3/h21-23,25-26H,12-20H2,1-11H3,(H,34,42);12,14-17,20-21H,8-11,13H2,1-7H3,(H,28,30)(H,29,35)(H,32,37);11-13,15-16H,8-10H2,1-7H3,(H,24,30)(H,28,29);11H,5-10H2,1-4H3;3-4H,1-2,6H2,(H,7,8);4H,1-3H3/t23-,25+,26-;17-,20+,21-;13-,15+,16-;;;/m000.../s1. The molecule has 0 saturated carbocycles. The Hall–Kier alpha value is -11.2. The first kappa shape index (κ1) is 126. The number of likely N-dealkylation sites (tertiary alicyclic amines) is 3. The number of ether oxygens (including phenoxy) is 6. The topological polar surface area (TPSA) is 503 Å². The molecule has 10 N–H and O–H groups in total. The highest BCUT2D eigenvalue weighted by molar-refractivity contribution is 5.94. The molecule has 3 aliphatic rings. The molecule has 810 valence electrons. The van der Waals surface area contributed by atoms with Crippen LogP contribution in [-0.2, 0) is 89.3 Å². The van der Waals surface area contributed by atoms with Crippen molar-refractivity contribution in [3.05, 3.63) is 91.1 Å². The molecule has 5 aromatic rings. The number of aromatic amines is 2. The maximum absolute atomic E-state index is 14.2. The minimum atomic E-state index is -1.13. The summed E-state index contributed by atoms with van der Waals surface area (Å²) in [5, 5.41) is 23.8. The zero-order valence-corrected chi connectivity index (χ0v) is 91.8. The molecule has 8 amide bonds. The zero-order chi connectivity index (χ0) is 108. The van der Waals surface area contributed by atoms with E-state index < -0.39 is 130 Å². The number of alkyl carbamates (subject to hydrolysis) is 3. The molecule has 0 radical (unpaired) electrons. The van der Waals surface area contributed by atoms with Crippen molar-refractivity contribution in [3.63, 3.8) is 0 Å². The number of carbonyl (C=O) groups is 12. The number of nitrogens with zero attached hydrogens (tertiary/aromatic N) is 16. The van der Waals surface area contributed by atoms with Crippen LogP contribution in [0.15, 0.2) is 62.6 Å². The van der Waals surface area contributed by atoms with Gasteiger partial charge in [0.25, 0.3) is 0 Å². The first-order valence-corrected chi connectivity index (χ1v) is 49.6. The molecule has 143 heavy (non-hydrogen) atoms. The summed E-state index contributed by atoms with van der Waals surface area (Å²) in [6.07, 6.45) is 17.6. The number of carboxylic acids is 1. The fraction of sp³-hybridized carbons (Fsp3) is 0.730. The largest absolute Gasteiger partial charge is 0.480 e. The highest BCUT2D eigenvalue weighted by Crippen LogP contribution is 2.30. The molecule has 0 aliphatic carbocycles. The van der Waals surface area contributed by atoms with Gasteiger partial charge in [-0.3, -0.25) is 24.0 Å². The third-order valence-corrected chi connectivity index (χ3v) is 20.7. The summed E-state index contributed by atoms with van der Waals surface area (Å²) in [6, 6.07) is -5.59. The molecule has 8 heterocycles. The van der Waals surface area contributed by atoms with Gasteiger partial charge in [-0.15, -0.1) is 0 Å². The Bertz CT molecular complexity index is 4630. The maximum Gasteiger partial charge on any atom is 0.419 e. The van der Waals surface area contributed by atoms with E-state index in [0.29, 0.717) is 82.0 Å². The number of hydrogen-bond donors (Lipinski definition) is 9. The van der Waals surface area contributed by atoms with Crippen molar-refractivity contribution >= 4 is 72.1 Å². The number of H-pyrrole nitrogens is 2. The predicted molar refractivity (Wildman–Crippen MR) is 547 cm³/mol. The van der Waals surface area contributed by atoms with Crippen LogP contribution in [0.1, 0.15) is 240 Å². The second kappa shape index (κ2) is 59.9. The van der Waals surface area contributed by atoms with E-state index in [1.165, 1.54) is 82.4 Å². The van der Waals surface area contributed by atoms with Crippen molar-refractivity contribution in [3.8, 4) is 0 Å². The predicted octanol–water partition coefficient (Wildman–Crippen LogP) is 9.97. The number of imidazole rings is 5. The van der Waals surface area contributed by atoms with Gasteiger partial charge in [-0.1, -0.05) is 41.5 Å². The van der Waals surface area contributed by atoms with Crippen LogP contribution in [0.2, 0.25) is 0 Å². The van der Waals surface area contributed by atoms with Crippen molar-refractivity contribution in [1.29, 1.82) is 0 Å². The van der Waals surface area contributed by atoms with Gasteiger partial charge in [-0.25, -0.2) is 72.2 Å². The number of aromatic nitrogens is 10. The fourth-order valence-corrected chi connectivity index (χ4v) is 14.7. The molecule has 3 fully saturated rings. The van der Waals surface area contributed by atoms with Crippen LogP contribution in [0.3, 0.4) is 0 Å². The lowest BCUT2D eigenvalue weighted by atomic mass is 10.1. The van der Waals surface area contributed by atoms with Gasteiger partial charge in [-0.05, 0) is 295 Å². The van der Waals surface area contributed by atoms with Crippen LogP contribution in [0.5, 0.6) is 0 Å². The molecule has 0 unspecified atom stereocenters. The molecular weight excluding hydrogens is 1840 g/mol. The Balaban J connectivity index is 0.000000493. The summed E-state index contributed by atoms with van der Waals surface area (Å²) in [5.41, 5.74) is 3.95. The molecule has 0 bridgehead atoms. The van der Waals surface area contributed by atoms with Gasteiger partial charge in [0.1, 0.15) is 88.8 Å². The number of nitrogens with two attached hydrogens (primary N) is 1. The van der Waals surface area contributed by atoms with Crippen LogP contribution < -0.4 is 32.3 Å². The van der Waals surface area contributed by atoms with Gasteiger partial charge < -0.3 is 115 Å². The molecule has 9 atom stereocenters. The van der Waals surface area contributed by atoms with Crippen molar-refractivity contribution in [2.45, 2.75) is 313 Å². The van der Waals surface area contributed by atoms with Gasteiger partial charge in [0.15, 0.2) is 0 Å². The van der Waals surface area contributed by atoms with E-state index in [2.05, 4.69) is 130 Å². The highest BCUT2D eigenvalue weighted by Gasteiger charge is 2.46. The summed E-state index contributed by atoms with van der Waals surface area (Å²) < 4.78 is 35.8. The number of amides is 8. The number of rotatable bonds is 36. The Morgan fingerprint density at radius 3 is 1.01 bits per heavy atom. The molecule has 8 rings (SSSR count). The molecule has 43 heteroatoms. The average Bonchev–Trinajstić information content (AvgIpc) is 1.73. The molecule has 3 saturated heterocycles. The summed E-state index contributed by atoms with van der Waals surface area (Å²) in [7, 11) is 16.5. The number of carbonyl (C=O) groups excluding carboxylic acids is 11. The number of hydrogen-bond acceptors (Lipinski definition) is 29. The van der Waals surface area contributed by atoms with Gasteiger partial charge in [0.05, 0.1) is 29.7 Å². The Kier molecular flexibility index (Phi) is 52.8. The van der Waals surface area contributed by atoms with Crippen LogP contribution in [-0.4, -0.2) is 376 Å². The minimum Gasteiger partial charge on any atom is -0.480 e. The van der Waals surface area contributed by atoms with Gasteiger partial charge in [0.2, 0.25) is 29.5 Å². The normalized spacial score (nSPS) is 17.1. The van der Waals surface area contributed by atoms with Crippen molar-refractivity contribution in [2.75, 3.05) is 141 Å². The van der Waals surface area contributed by atoms with Crippen molar-refractivity contribution < 1.29 is 91.1 Å². The third kappa shape index (κ3) is 52.8. The molecular formula is C100H176N24O19. The maximum atomic E-state index is 14.2. The lowest BCUT2D eigenvalue weighted by molar-refractivity contribution is -0.149. The van der Waals surface area contributed by atoms with Gasteiger partial charge >= 0.3 is 42.5 Å². The van der Waals surface area contributed by atoms with E-state index >= 15 is 0 Å². The van der Waals surface area contributed by atoms with Crippen LogP contribution >= 0.6 is 0 Å². The molecule has 5 aromatic heterocycles. The van der Waals surface area contributed by atoms with Gasteiger partial charge in [0, 0.05) is 114 Å². The van der Waals surface area contributed by atoms with Crippen LogP contribution in [0.25, 0.3) is 0 Å². The highest BCUT2D eigenvalue weighted by atomic mass is 16.6. The summed E-state index contributed by atoms with van der Waals surface area (Å²) in [4.78, 5) is 197. The first-order chi connectivity index (χ1) is 66.2. The van der Waals surface area contributed by atoms with E-state index in [1.54, 1.807) is 155 Å². The Morgan fingerprint density at radius 2 is 0.720 bits per heavy atom. The van der Waals surface area contributed by atoms with E-state index in [4.69, 9.17) is 34.2 Å². The first-order valence-electron chi connectivity index (χ1n) is 49.6. The van der Waals surface area contributed by atoms with E-state index in [9.17, 15) is 62.6 Å². The van der Waals surface area contributed by atoms with Crippen molar-refractivity contribution in [2.24, 2.45) is 29.4 Å². The lowest BCUT2D eigenvalue weighted by Gasteiger charge is -2.33. The van der Waals surface area contributed by atoms with Crippen LogP contribution in [0.4, 0.5) is 28.8 Å². The Labute approximate surface area is 848 Å².